The summed E-state index contributed by atoms with van der Waals surface area (Å²) in [6, 6.07) is 0.0151. The summed E-state index contributed by atoms with van der Waals surface area (Å²) in [6.07, 6.45) is 6.29. The number of carbonyl (C=O) groups is 1. The fourth-order valence-corrected chi connectivity index (χ4v) is 3.01. The van der Waals surface area contributed by atoms with Crippen LogP contribution in [0, 0.1) is 11.3 Å². The van der Waals surface area contributed by atoms with Crippen molar-refractivity contribution in [2.75, 3.05) is 20.1 Å². The number of nitrogens with zero attached hydrogens (tertiary/aromatic N) is 1. The number of piperidine rings is 1. The molecular weight excluding hydrogens is 212 g/mol. The minimum absolute atomic E-state index is 0.0151. The van der Waals surface area contributed by atoms with Crippen LogP contribution in [0.5, 0.6) is 0 Å². The highest BCUT2D eigenvalue weighted by molar-refractivity contribution is 5.82. The van der Waals surface area contributed by atoms with E-state index in [1.165, 1.54) is 25.7 Å². The maximum atomic E-state index is 12.5. The van der Waals surface area contributed by atoms with Gasteiger partial charge in [0.2, 0.25) is 5.91 Å². The zero-order valence-corrected chi connectivity index (χ0v) is 11.5. The van der Waals surface area contributed by atoms with Gasteiger partial charge in [-0.25, -0.2) is 0 Å². The van der Waals surface area contributed by atoms with E-state index in [9.17, 15) is 4.79 Å². The fourth-order valence-electron chi connectivity index (χ4n) is 3.01. The van der Waals surface area contributed by atoms with Crippen molar-refractivity contribution in [2.45, 2.75) is 52.0 Å². The third-order valence-corrected chi connectivity index (χ3v) is 4.51. The van der Waals surface area contributed by atoms with Crippen molar-refractivity contribution >= 4 is 5.91 Å². The highest BCUT2D eigenvalue weighted by atomic mass is 16.2. The number of amides is 1. The lowest BCUT2D eigenvalue weighted by Crippen LogP contribution is -2.56. The molecule has 17 heavy (non-hydrogen) atoms. The molecule has 0 aromatic heterocycles. The standard InChI is InChI=1S/C14H26N2O/c1-14(2)8-5-9-15-12(14)13(17)16(3)10-11-6-4-7-11/h11-12,15H,4-10H2,1-3H3. The Kier molecular flexibility index (Phi) is 3.76. The molecule has 0 spiro atoms. The first-order valence-corrected chi connectivity index (χ1v) is 6.99. The van der Waals surface area contributed by atoms with E-state index < -0.39 is 0 Å². The summed E-state index contributed by atoms with van der Waals surface area (Å²) in [5.74, 6) is 1.05. The highest BCUT2D eigenvalue weighted by Gasteiger charge is 2.38. The monoisotopic (exact) mass is 238 g/mol. The molecule has 2 rings (SSSR count). The molecule has 1 unspecified atom stereocenters. The van der Waals surface area contributed by atoms with E-state index >= 15 is 0 Å². The average Bonchev–Trinajstić information content (AvgIpc) is 2.21. The maximum absolute atomic E-state index is 12.5. The second kappa shape index (κ2) is 4.97. The zero-order chi connectivity index (χ0) is 12.5. The van der Waals surface area contributed by atoms with Crippen LogP contribution in [-0.2, 0) is 4.79 Å². The highest BCUT2D eigenvalue weighted by Crippen LogP contribution is 2.32. The number of carbonyl (C=O) groups excluding carboxylic acids is 1. The van der Waals surface area contributed by atoms with E-state index in [2.05, 4.69) is 19.2 Å². The molecule has 1 atom stereocenters. The molecule has 3 heteroatoms. The van der Waals surface area contributed by atoms with Gasteiger partial charge in [0.25, 0.3) is 0 Å². The van der Waals surface area contributed by atoms with Gasteiger partial charge in [-0.05, 0) is 43.6 Å². The zero-order valence-electron chi connectivity index (χ0n) is 11.5. The van der Waals surface area contributed by atoms with E-state index in [0.717, 1.165) is 25.4 Å². The summed E-state index contributed by atoms with van der Waals surface area (Å²) in [5.41, 5.74) is 0.100. The van der Waals surface area contributed by atoms with Crippen molar-refractivity contribution in [3.63, 3.8) is 0 Å². The second-order valence-electron chi connectivity index (χ2n) is 6.49. The molecule has 1 amide bonds. The van der Waals surface area contributed by atoms with Crippen LogP contribution in [-0.4, -0.2) is 37.0 Å². The van der Waals surface area contributed by atoms with Gasteiger partial charge in [0.05, 0.1) is 6.04 Å². The summed E-state index contributed by atoms with van der Waals surface area (Å²) in [5, 5.41) is 3.41. The largest absolute Gasteiger partial charge is 0.344 e. The molecule has 1 heterocycles. The molecule has 3 nitrogen and oxygen atoms in total. The first-order chi connectivity index (χ1) is 8.00. The van der Waals surface area contributed by atoms with Crippen LogP contribution in [0.4, 0.5) is 0 Å². The van der Waals surface area contributed by atoms with Gasteiger partial charge in [-0.3, -0.25) is 4.79 Å². The Morgan fingerprint density at radius 1 is 1.35 bits per heavy atom. The third-order valence-electron chi connectivity index (χ3n) is 4.51. The van der Waals surface area contributed by atoms with Crippen LogP contribution < -0.4 is 5.32 Å². The molecule has 1 aliphatic carbocycles. The molecule has 0 aromatic carbocycles. The average molecular weight is 238 g/mol. The van der Waals surface area contributed by atoms with Crippen LogP contribution in [0.3, 0.4) is 0 Å². The van der Waals surface area contributed by atoms with Crippen molar-refractivity contribution in [1.29, 1.82) is 0 Å². The Bertz CT molecular complexity index is 284. The Balaban J connectivity index is 1.92. The normalized spacial score (nSPS) is 28.5. The van der Waals surface area contributed by atoms with Crippen LogP contribution >= 0.6 is 0 Å². The van der Waals surface area contributed by atoms with Crippen molar-refractivity contribution in [1.82, 2.24) is 10.2 Å². The van der Waals surface area contributed by atoms with E-state index in [-0.39, 0.29) is 11.5 Å². The lowest BCUT2D eigenvalue weighted by Gasteiger charge is -2.41. The van der Waals surface area contributed by atoms with Crippen molar-refractivity contribution in [3.05, 3.63) is 0 Å². The van der Waals surface area contributed by atoms with E-state index in [4.69, 9.17) is 0 Å². The van der Waals surface area contributed by atoms with Gasteiger partial charge in [0.15, 0.2) is 0 Å². The summed E-state index contributed by atoms with van der Waals surface area (Å²) >= 11 is 0. The predicted molar refractivity (Wildman–Crippen MR) is 69.8 cm³/mol. The first kappa shape index (κ1) is 12.9. The summed E-state index contributed by atoms with van der Waals surface area (Å²) in [4.78, 5) is 14.4. The van der Waals surface area contributed by atoms with Gasteiger partial charge >= 0.3 is 0 Å². The van der Waals surface area contributed by atoms with Gasteiger partial charge in [-0.2, -0.15) is 0 Å². The van der Waals surface area contributed by atoms with Crippen molar-refractivity contribution in [2.24, 2.45) is 11.3 Å². The molecule has 0 aromatic rings. The van der Waals surface area contributed by atoms with Gasteiger partial charge < -0.3 is 10.2 Å². The molecule has 1 saturated carbocycles. The Labute approximate surface area is 105 Å². The number of hydrogen-bond acceptors (Lipinski definition) is 2. The molecule has 2 aliphatic rings. The van der Waals surface area contributed by atoms with Gasteiger partial charge in [-0.15, -0.1) is 0 Å². The molecule has 0 radical (unpaired) electrons. The maximum Gasteiger partial charge on any atom is 0.240 e. The first-order valence-electron chi connectivity index (χ1n) is 6.99. The van der Waals surface area contributed by atoms with Crippen LogP contribution in [0.25, 0.3) is 0 Å². The predicted octanol–water partition coefficient (Wildman–Crippen LogP) is 2.02. The topological polar surface area (TPSA) is 32.3 Å². The number of nitrogens with one attached hydrogen (secondary N) is 1. The smallest absolute Gasteiger partial charge is 0.240 e. The molecule has 2 fully saturated rings. The van der Waals surface area contributed by atoms with Gasteiger partial charge in [-0.1, -0.05) is 20.3 Å². The van der Waals surface area contributed by atoms with Gasteiger partial charge in [0.1, 0.15) is 0 Å². The van der Waals surface area contributed by atoms with E-state index in [1.54, 1.807) is 0 Å². The summed E-state index contributed by atoms with van der Waals surface area (Å²) in [6.45, 7) is 6.35. The number of hydrogen-bond donors (Lipinski definition) is 1. The molecular formula is C14H26N2O. The summed E-state index contributed by atoms with van der Waals surface area (Å²) in [7, 11) is 1.97. The number of rotatable bonds is 3. The molecule has 0 bridgehead atoms. The van der Waals surface area contributed by atoms with Crippen molar-refractivity contribution < 1.29 is 4.79 Å². The van der Waals surface area contributed by atoms with Crippen molar-refractivity contribution in [3.8, 4) is 0 Å². The van der Waals surface area contributed by atoms with E-state index in [0.29, 0.717) is 5.91 Å². The molecule has 1 saturated heterocycles. The fraction of sp³-hybridized carbons (Fsp3) is 0.929. The second-order valence-corrected chi connectivity index (χ2v) is 6.49. The lowest BCUT2D eigenvalue weighted by molar-refractivity contribution is -0.137. The van der Waals surface area contributed by atoms with E-state index in [1.807, 2.05) is 11.9 Å². The molecule has 1 aliphatic heterocycles. The SMILES string of the molecule is CN(CC1CCC1)C(=O)C1NCCCC1(C)C. The number of likely N-dealkylation sites (N-methyl/N-ethyl adjacent to an activating group) is 1. The Hall–Kier alpha value is -0.570. The lowest BCUT2D eigenvalue weighted by atomic mass is 9.76. The Morgan fingerprint density at radius 2 is 2.06 bits per heavy atom. The van der Waals surface area contributed by atoms with Crippen LogP contribution in [0.15, 0.2) is 0 Å². The third kappa shape index (κ3) is 2.82. The minimum atomic E-state index is 0.0151. The van der Waals surface area contributed by atoms with Crippen LogP contribution in [0.1, 0.15) is 46.0 Å². The minimum Gasteiger partial charge on any atom is -0.344 e. The van der Waals surface area contributed by atoms with Gasteiger partial charge in [0, 0.05) is 13.6 Å². The Morgan fingerprint density at radius 3 is 2.59 bits per heavy atom. The van der Waals surface area contributed by atoms with Crippen LogP contribution in [0.2, 0.25) is 0 Å². The quantitative estimate of drug-likeness (QED) is 0.816. The molecule has 98 valence electrons. The summed E-state index contributed by atoms with van der Waals surface area (Å²) < 4.78 is 0. The molecule has 1 N–H and O–H groups in total.